The molecule has 2 rings (SSSR count). The third-order valence-corrected chi connectivity index (χ3v) is 3.72. The van der Waals surface area contributed by atoms with Gasteiger partial charge < -0.3 is 15.0 Å². The zero-order valence-electron chi connectivity index (χ0n) is 11.9. The van der Waals surface area contributed by atoms with Crippen LogP contribution in [0.2, 0.25) is 0 Å². The number of likely N-dealkylation sites (N-methyl/N-ethyl adjacent to an activating group) is 1. The van der Waals surface area contributed by atoms with E-state index in [4.69, 9.17) is 4.74 Å². The largest absolute Gasteiger partial charge is 0.492 e. The van der Waals surface area contributed by atoms with Crippen molar-refractivity contribution in [3.8, 4) is 5.75 Å². The van der Waals surface area contributed by atoms with E-state index in [1.54, 1.807) is 24.1 Å². The predicted octanol–water partition coefficient (Wildman–Crippen LogP) is 1.52. The topological polar surface area (TPSA) is 41.6 Å². The molecule has 1 aliphatic heterocycles. The van der Waals surface area contributed by atoms with Gasteiger partial charge in [0.1, 0.15) is 18.2 Å². The maximum Gasteiger partial charge on any atom is 0.227 e. The fraction of sp³-hybridized carbons (Fsp3) is 0.533. The first-order chi connectivity index (χ1) is 9.58. The smallest absolute Gasteiger partial charge is 0.227 e. The van der Waals surface area contributed by atoms with Gasteiger partial charge in [0.25, 0.3) is 0 Å². The number of hydrogen-bond donors (Lipinski definition) is 1. The molecule has 1 aromatic carbocycles. The summed E-state index contributed by atoms with van der Waals surface area (Å²) in [6.07, 6.45) is 0. The Kier molecular flexibility index (Phi) is 4.95. The Morgan fingerprint density at radius 3 is 2.70 bits per heavy atom. The highest BCUT2D eigenvalue weighted by Gasteiger charge is 2.31. The van der Waals surface area contributed by atoms with Gasteiger partial charge >= 0.3 is 0 Å². The lowest BCUT2D eigenvalue weighted by atomic mass is 9.97. The number of halogens is 1. The van der Waals surface area contributed by atoms with Crippen LogP contribution >= 0.6 is 0 Å². The molecule has 0 aromatic heterocycles. The van der Waals surface area contributed by atoms with Gasteiger partial charge in [-0.3, -0.25) is 4.79 Å². The van der Waals surface area contributed by atoms with Gasteiger partial charge in [0.05, 0.1) is 12.5 Å². The fourth-order valence-electron chi connectivity index (χ4n) is 2.37. The number of carbonyl (C=O) groups is 1. The third kappa shape index (κ3) is 3.70. The number of carbonyl (C=O) groups excluding carboxylic acids is 1. The van der Waals surface area contributed by atoms with Gasteiger partial charge in [-0.05, 0) is 36.7 Å². The van der Waals surface area contributed by atoms with E-state index in [0.29, 0.717) is 24.8 Å². The van der Waals surface area contributed by atoms with E-state index >= 15 is 0 Å². The molecule has 4 nitrogen and oxygen atoms in total. The molecule has 2 atom stereocenters. The highest BCUT2D eigenvalue weighted by atomic mass is 19.1. The second kappa shape index (κ2) is 6.70. The third-order valence-electron chi connectivity index (χ3n) is 3.72. The molecule has 0 radical (unpaired) electrons. The van der Waals surface area contributed by atoms with Gasteiger partial charge in [-0.1, -0.05) is 6.92 Å². The van der Waals surface area contributed by atoms with Crippen LogP contribution < -0.4 is 10.1 Å². The van der Waals surface area contributed by atoms with E-state index in [2.05, 4.69) is 12.2 Å². The van der Waals surface area contributed by atoms with E-state index in [0.717, 1.165) is 13.1 Å². The van der Waals surface area contributed by atoms with Crippen molar-refractivity contribution in [1.82, 2.24) is 10.2 Å². The van der Waals surface area contributed by atoms with Gasteiger partial charge in [0.2, 0.25) is 5.91 Å². The first-order valence-electron chi connectivity index (χ1n) is 6.92. The van der Waals surface area contributed by atoms with Crippen LogP contribution in [0, 0.1) is 17.7 Å². The van der Waals surface area contributed by atoms with Gasteiger partial charge in [-0.25, -0.2) is 4.39 Å². The molecule has 0 aliphatic carbocycles. The molecule has 1 saturated heterocycles. The zero-order valence-corrected chi connectivity index (χ0v) is 11.9. The van der Waals surface area contributed by atoms with Gasteiger partial charge in [0, 0.05) is 13.6 Å². The Morgan fingerprint density at radius 1 is 1.40 bits per heavy atom. The van der Waals surface area contributed by atoms with Crippen molar-refractivity contribution in [2.75, 3.05) is 33.3 Å². The molecule has 1 N–H and O–H groups in total. The second-order valence-electron chi connectivity index (χ2n) is 5.30. The first-order valence-corrected chi connectivity index (χ1v) is 6.92. The van der Waals surface area contributed by atoms with Crippen molar-refractivity contribution < 1.29 is 13.9 Å². The first kappa shape index (κ1) is 14.8. The second-order valence-corrected chi connectivity index (χ2v) is 5.30. The Balaban J connectivity index is 1.75. The van der Waals surface area contributed by atoms with Crippen LogP contribution in [0.1, 0.15) is 6.92 Å². The summed E-state index contributed by atoms with van der Waals surface area (Å²) in [6.45, 7) is 4.67. The normalized spacial score (nSPS) is 21.8. The van der Waals surface area contributed by atoms with Crippen molar-refractivity contribution in [2.24, 2.45) is 11.8 Å². The number of rotatable bonds is 5. The van der Waals surface area contributed by atoms with Gasteiger partial charge in [-0.2, -0.15) is 0 Å². The van der Waals surface area contributed by atoms with Crippen molar-refractivity contribution in [3.05, 3.63) is 30.1 Å². The molecular formula is C15H21FN2O2. The number of hydrogen-bond acceptors (Lipinski definition) is 3. The molecule has 1 fully saturated rings. The molecule has 0 saturated carbocycles. The number of nitrogens with one attached hydrogen (secondary N) is 1. The molecule has 0 spiro atoms. The van der Waals surface area contributed by atoms with Crippen LogP contribution in [0.3, 0.4) is 0 Å². The minimum Gasteiger partial charge on any atom is -0.492 e. The molecule has 110 valence electrons. The Morgan fingerprint density at radius 2 is 2.10 bits per heavy atom. The summed E-state index contributed by atoms with van der Waals surface area (Å²) in [5.41, 5.74) is 0. The number of ether oxygens (including phenoxy) is 1. The van der Waals surface area contributed by atoms with Gasteiger partial charge in [-0.15, -0.1) is 0 Å². The lowest BCUT2D eigenvalue weighted by Gasteiger charge is -2.23. The maximum absolute atomic E-state index is 12.7. The van der Waals surface area contributed by atoms with Crippen molar-refractivity contribution in [3.63, 3.8) is 0 Å². The van der Waals surface area contributed by atoms with Crippen molar-refractivity contribution in [1.29, 1.82) is 0 Å². The van der Waals surface area contributed by atoms with Crippen LogP contribution in [-0.2, 0) is 4.79 Å². The zero-order chi connectivity index (χ0) is 14.5. The average Bonchev–Trinajstić information content (AvgIpc) is 2.86. The van der Waals surface area contributed by atoms with Crippen LogP contribution in [0.5, 0.6) is 5.75 Å². The van der Waals surface area contributed by atoms with E-state index in [1.165, 1.54) is 12.1 Å². The summed E-state index contributed by atoms with van der Waals surface area (Å²) in [5.74, 6) is 0.925. The molecular weight excluding hydrogens is 259 g/mol. The molecule has 0 bridgehead atoms. The highest BCUT2D eigenvalue weighted by Crippen LogP contribution is 2.18. The summed E-state index contributed by atoms with van der Waals surface area (Å²) >= 11 is 0. The number of nitrogens with zero attached hydrogens (tertiary/aromatic N) is 1. The Bertz CT molecular complexity index is 450. The molecule has 1 heterocycles. The van der Waals surface area contributed by atoms with E-state index in [9.17, 15) is 9.18 Å². The summed E-state index contributed by atoms with van der Waals surface area (Å²) in [5, 5.41) is 3.23. The monoisotopic (exact) mass is 280 g/mol. The molecule has 5 heteroatoms. The van der Waals surface area contributed by atoms with Crippen molar-refractivity contribution >= 4 is 5.91 Å². The molecule has 1 aromatic rings. The van der Waals surface area contributed by atoms with E-state index in [-0.39, 0.29) is 17.6 Å². The summed E-state index contributed by atoms with van der Waals surface area (Å²) in [7, 11) is 1.79. The number of amides is 1. The lowest BCUT2D eigenvalue weighted by molar-refractivity contribution is -0.134. The minimum atomic E-state index is -0.285. The number of benzene rings is 1. The molecule has 1 aliphatic rings. The summed E-state index contributed by atoms with van der Waals surface area (Å²) in [4.78, 5) is 13.9. The quantitative estimate of drug-likeness (QED) is 0.889. The minimum absolute atomic E-state index is 0.0609. The molecule has 20 heavy (non-hydrogen) atoms. The fourth-order valence-corrected chi connectivity index (χ4v) is 2.37. The molecule has 2 unspecified atom stereocenters. The highest BCUT2D eigenvalue weighted by molar-refractivity contribution is 5.79. The van der Waals surface area contributed by atoms with Crippen LogP contribution in [0.4, 0.5) is 4.39 Å². The summed E-state index contributed by atoms with van der Waals surface area (Å²) in [6, 6.07) is 5.88. The van der Waals surface area contributed by atoms with Crippen molar-refractivity contribution in [2.45, 2.75) is 6.92 Å². The Hall–Kier alpha value is -1.62. The van der Waals surface area contributed by atoms with Crippen LogP contribution in [0.25, 0.3) is 0 Å². The standard InChI is InChI=1S/C15H21FN2O2/c1-11-9-17-10-14(11)15(19)18(2)7-8-20-13-5-3-12(16)4-6-13/h3-6,11,14,17H,7-10H2,1-2H3. The van der Waals surface area contributed by atoms with Crippen LogP contribution in [0.15, 0.2) is 24.3 Å². The SMILES string of the molecule is CC1CNCC1C(=O)N(C)CCOc1ccc(F)cc1. The molecule has 1 amide bonds. The van der Waals surface area contributed by atoms with Gasteiger partial charge in [0.15, 0.2) is 0 Å². The van der Waals surface area contributed by atoms with Crippen LogP contribution in [-0.4, -0.2) is 44.1 Å². The van der Waals surface area contributed by atoms with E-state index in [1.807, 2.05) is 0 Å². The predicted molar refractivity (Wildman–Crippen MR) is 75.1 cm³/mol. The average molecular weight is 280 g/mol. The van der Waals surface area contributed by atoms with E-state index < -0.39 is 0 Å². The maximum atomic E-state index is 12.7. The Labute approximate surface area is 118 Å². The lowest BCUT2D eigenvalue weighted by Crippen LogP contribution is -2.38. The summed E-state index contributed by atoms with van der Waals surface area (Å²) < 4.78 is 18.2.